The van der Waals surface area contributed by atoms with Gasteiger partial charge in [-0.15, -0.1) is 0 Å². The maximum absolute atomic E-state index is 13.6. The van der Waals surface area contributed by atoms with Crippen LogP contribution in [0.4, 0.5) is 57.1 Å². The van der Waals surface area contributed by atoms with Crippen molar-refractivity contribution in [2.24, 2.45) is 0 Å². The van der Waals surface area contributed by atoms with Gasteiger partial charge in [-0.2, -0.15) is 57.1 Å². The Morgan fingerprint density at radius 3 is 1.48 bits per heavy atom. The lowest BCUT2D eigenvalue weighted by molar-refractivity contribution is -0.436. The summed E-state index contributed by atoms with van der Waals surface area (Å²) in [6.07, 6.45) is -12.3. The molecule has 0 saturated heterocycles. The Morgan fingerprint density at radius 2 is 1.17 bits per heavy atom. The standard InChI is InChI=1S/C13H11F13O3/c1-5(27)2-3-6(7(28)29)4-8(14,15)9(16,17)10(18,19)11(20,21)12(22,23)13(24,25)26/h4-5,27H,2-3H2,1H3,(H,28,29). The van der Waals surface area contributed by atoms with Gasteiger partial charge >= 0.3 is 41.8 Å². The Bertz CT molecular complexity index is 634. The highest BCUT2D eigenvalue weighted by Crippen LogP contribution is 2.60. The van der Waals surface area contributed by atoms with Crippen LogP contribution >= 0.6 is 0 Å². The number of hydrogen-bond acceptors (Lipinski definition) is 2. The van der Waals surface area contributed by atoms with Crippen molar-refractivity contribution >= 4 is 5.97 Å². The first kappa shape index (κ1) is 27.3. The summed E-state index contributed by atoms with van der Waals surface area (Å²) in [6.45, 7) is 0.958. The molecule has 29 heavy (non-hydrogen) atoms. The molecule has 0 aromatic carbocycles. The molecule has 0 radical (unpaired) electrons. The highest BCUT2D eigenvalue weighted by molar-refractivity contribution is 5.86. The predicted octanol–water partition coefficient (Wildman–Crippen LogP) is 4.90. The fourth-order valence-electron chi connectivity index (χ4n) is 1.70. The van der Waals surface area contributed by atoms with E-state index in [1.807, 2.05) is 0 Å². The lowest BCUT2D eigenvalue weighted by Gasteiger charge is -2.39. The molecular formula is C13H11F13O3. The Hall–Kier alpha value is -1.74. The van der Waals surface area contributed by atoms with Crippen molar-refractivity contribution in [2.75, 3.05) is 0 Å². The number of aliphatic hydroxyl groups excluding tert-OH is 1. The van der Waals surface area contributed by atoms with Crippen molar-refractivity contribution in [3.8, 4) is 0 Å². The molecule has 172 valence electrons. The topological polar surface area (TPSA) is 57.5 Å². The molecular weight excluding hydrogens is 451 g/mol. The number of aliphatic carboxylic acids is 1. The van der Waals surface area contributed by atoms with E-state index >= 15 is 0 Å². The fraction of sp³-hybridized carbons (Fsp3) is 0.769. The first-order valence-corrected chi connectivity index (χ1v) is 7.06. The molecule has 0 aliphatic carbocycles. The molecule has 1 unspecified atom stereocenters. The van der Waals surface area contributed by atoms with Crippen LogP contribution < -0.4 is 0 Å². The number of hydrogen-bond donors (Lipinski definition) is 2. The molecule has 0 aromatic rings. The molecule has 0 aliphatic rings. The zero-order valence-electron chi connectivity index (χ0n) is 13.8. The maximum Gasteiger partial charge on any atom is 0.460 e. The van der Waals surface area contributed by atoms with E-state index in [0.717, 1.165) is 6.92 Å². The highest BCUT2D eigenvalue weighted by Gasteiger charge is 2.90. The van der Waals surface area contributed by atoms with E-state index in [1.54, 1.807) is 0 Å². The van der Waals surface area contributed by atoms with Crippen LogP contribution in [0.25, 0.3) is 0 Å². The van der Waals surface area contributed by atoms with Crippen LogP contribution in [0.5, 0.6) is 0 Å². The van der Waals surface area contributed by atoms with Gasteiger partial charge in [0.05, 0.1) is 6.10 Å². The number of halogens is 13. The summed E-state index contributed by atoms with van der Waals surface area (Å²) in [7, 11) is 0. The minimum atomic E-state index is -8.05. The Balaban J connectivity index is 6.41. The molecule has 0 spiro atoms. The Kier molecular flexibility index (Phi) is 7.36. The van der Waals surface area contributed by atoms with Crippen LogP contribution in [-0.2, 0) is 4.79 Å². The first-order chi connectivity index (χ1) is 12.5. The second-order valence-corrected chi connectivity index (χ2v) is 5.78. The molecule has 1 atom stereocenters. The molecule has 0 rings (SSSR count). The first-order valence-electron chi connectivity index (χ1n) is 7.06. The minimum Gasteiger partial charge on any atom is -0.478 e. The van der Waals surface area contributed by atoms with E-state index in [-0.39, 0.29) is 0 Å². The monoisotopic (exact) mass is 462 g/mol. The maximum atomic E-state index is 13.6. The second kappa shape index (κ2) is 7.83. The van der Waals surface area contributed by atoms with Crippen LogP contribution in [0.3, 0.4) is 0 Å². The van der Waals surface area contributed by atoms with Crippen molar-refractivity contribution in [1.29, 1.82) is 0 Å². The van der Waals surface area contributed by atoms with Gasteiger partial charge in [-0.3, -0.25) is 0 Å². The van der Waals surface area contributed by atoms with Crippen molar-refractivity contribution in [2.45, 2.75) is 61.7 Å². The normalized spacial score (nSPS) is 16.7. The number of aliphatic hydroxyl groups is 1. The SMILES string of the molecule is CC(O)CCC(=CC(F)(F)C(F)(F)C(F)(F)C(F)(F)C(F)(F)C(F)(F)F)C(=O)O. The van der Waals surface area contributed by atoms with E-state index in [2.05, 4.69) is 0 Å². The third-order valence-electron chi connectivity index (χ3n) is 3.42. The van der Waals surface area contributed by atoms with Gasteiger partial charge in [-0.25, -0.2) is 4.79 Å². The molecule has 0 aliphatic heterocycles. The number of carboxylic acid groups (broad SMARTS) is 1. The van der Waals surface area contributed by atoms with Crippen LogP contribution in [0, 0.1) is 0 Å². The lowest BCUT2D eigenvalue weighted by atomic mass is 9.92. The third kappa shape index (κ3) is 4.71. The van der Waals surface area contributed by atoms with Crippen LogP contribution in [0.1, 0.15) is 19.8 Å². The zero-order chi connectivity index (χ0) is 23.9. The summed E-state index contributed by atoms with van der Waals surface area (Å²) in [4.78, 5) is 10.7. The van der Waals surface area contributed by atoms with Gasteiger partial charge in [0, 0.05) is 11.6 Å². The molecule has 0 amide bonds. The van der Waals surface area contributed by atoms with E-state index in [9.17, 15) is 61.9 Å². The molecule has 0 bridgehead atoms. The largest absolute Gasteiger partial charge is 0.478 e. The molecule has 0 heterocycles. The van der Waals surface area contributed by atoms with Crippen LogP contribution in [-0.4, -0.2) is 58.1 Å². The molecule has 0 fully saturated rings. The van der Waals surface area contributed by atoms with Crippen LogP contribution in [0.15, 0.2) is 11.6 Å². The van der Waals surface area contributed by atoms with E-state index < -0.39 is 72.4 Å². The van der Waals surface area contributed by atoms with Gasteiger partial charge in [0.15, 0.2) is 0 Å². The van der Waals surface area contributed by atoms with Gasteiger partial charge in [-0.1, -0.05) is 0 Å². The van der Waals surface area contributed by atoms with E-state index in [1.165, 1.54) is 0 Å². The highest BCUT2D eigenvalue weighted by atomic mass is 19.4. The van der Waals surface area contributed by atoms with Gasteiger partial charge in [0.1, 0.15) is 0 Å². The summed E-state index contributed by atoms with van der Waals surface area (Å²) in [6, 6.07) is 0. The minimum absolute atomic E-state index is 0.724. The number of rotatable bonds is 9. The summed E-state index contributed by atoms with van der Waals surface area (Å²) in [5.74, 6) is -40.6. The lowest BCUT2D eigenvalue weighted by Crippen LogP contribution is -2.69. The van der Waals surface area contributed by atoms with Crippen molar-refractivity contribution in [1.82, 2.24) is 0 Å². The van der Waals surface area contributed by atoms with Gasteiger partial charge < -0.3 is 10.2 Å². The number of carboxylic acids is 1. The summed E-state index contributed by atoms with van der Waals surface area (Å²) < 4.78 is 168. The number of carbonyl (C=O) groups is 1. The van der Waals surface area contributed by atoms with E-state index in [4.69, 9.17) is 10.2 Å². The molecule has 16 heteroatoms. The average molecular weight is 462 g/mol. The smallest absolute Gasteiger partial charge is 0.460 e. The van der Waals surface area contributed by atoms with Gasteiger partial charge in [0.25, 0.3) is 0 Å². The summed E-state index contributed by atoms with van der Waals surface area (Å²) in [5.41, 5.74) is -1.82. The van der Waals surface area contributed by atoms with Crippen molar-refractivity contribution < 1.29 is 72.1 Å². The number of allylic oxidation sites excluding steroid dienone is 1. The van der Waals surface area contributed by atoms with Crippen LogP contribution in [0.2, 0.25) is 0 Å². The predicted molar refractivity (Wildman–Crippen MR) is 67.4 cm³/mol. The third-order valence-corrected chi connectivity index (χ3v) is 3.42. The zero-order valence-corrected chi connectivity index (χ0v) is 13.8. The summed E-state index contributed by atoms with van der Waals surface area (Å²) in [5, 5.41) is 17.5. The van der Waals surface area contributed by atoms with Crippen molar-refractivity contribution in [3.05, 3.63) is 11.6 Å². The second-order valence-electron chi connectivity index (χ2n) is 5.78. The van der Waals surface area contributed by atoms with E-state index in [0.29, 0.717) is 0 Å². The fourth-order valence-corrected chi connectivity index (χ4v) is 1.70. The average Bonchev–Trinajstić information content (AvgIpc) is 2.48. The molecule has 3 nitrogen and oxygen atoms in total. The summed E-state index contributed by atoms with van der Waals surface area (Å²) >= 11 is 0. The Morgan fingerprint density at radius 1 is 0.793 bits per heavy atom. The Labute approximate surface area is 152 Å². The molecule has 2 N–H and O–H groups in total. The number of alkyl halides is 13. The molecule has 0 aromatic heterocycles. The molecule has 0 saturated carbocycles. The quantitative estimate of drug-likeness (QED) is 0.379. The van der Waals surface area contributed by atoms with Gasteiger partial charge in [0.2, 0.25) is 0 Å². The van der Waals surface area contributed by atoms with Gasteiger partial charge in [-0.05, 0) is 19.8 Å². The van der Waals surface area contributed by atoms with Crippen molar-refractivity contribution in [3.63, 3.8) is 0 Å².